The highest BCUT2D eigenvalue weighted by atomic mass is 19.4. The van der Waals surface area contributed by atoms with E-state index in [1.165, 1.54) is 0 Å². The van der Waals surface area contributed by atoms with Gasteiger partial charge in [0.15, 0.2) is 11.6 Å². The van der Waals surface area contributed by atoms with Crippen LogP contribution in [0.2, 0.25) is 0 Å². The first-order chi connectivity index (χ1) is 6.73. The molecule has 1 nitrogen and oxygen atoms in total. The van der Waals surface area contributed by atoms with E-state index < -0.39 is 35.0 Å². The average Bonchev–Trinajstić information content (AvgIpc) is 2.06. The van der Waals surface area contributed by atoms with Gasteiger partial charge in [0, 0.05) is 0 Å². The number of hydrogen-bond donors (Lipinski definition) is 0. The maximum Gasteiger partial charge on any atom is 0.417 e. The highest BCUT2D eigenvalue weighted by molar-refractivity contribution is 5.90. The van der Waals surface area contributed by atoms with Crippen LogP contribution in [0.25, 0.3) is 0 Å². The monoisotopic (exact) mass is 228 g/mol. The van der Waals surface area contributed by atoms with E-state index in [0.29, 0.717) is 0 Å². The van der Waals surface area contributed by atoms with E-state index in [1.54, 1.807) is 0 Å². The smallest absolute Gasteiger partial charge is 0.255 e. The molecule has 0 saturated heterocycles. The van der Waals surface area contributed by atoms with Crippen LogP contribution in [0.5, 0.6) is 0 Å². The van der Waals surface area contributed by atoms with Crippen molar-refractivity contribution >= 4 is 6.04 Å². The van der Waals surface area contributed by atoms with Gasteiger partial charge in [0.1, 0.15) is 0 Å². The molecule has 1 aromatic carbocycles. The summed E-state index contributed by atoms with van der Waals surface area (Å²) >= 11 is 0. The molecule has 1 rings (SSSR count). The molecule has 1 aromatic rings. The van der Waals surface area contributed by atoms with E-state index in [2.05, 4.69) is 0 Å². The predicted octanol–water partition coefficient (Wildman–Crippen LogP) is 3.09. The first kappa shape index (κ1) is 11.5. The van der Waals surface area contributed by atoms with Gasteiger partial charge in [0.25, 0.3) is 0 Å². The van der Waals surface area contributed by atoms with Crippen molar-refractivity contribution in [1.82, 2.24) is 0 Å². The van der Waals surface area contributed by atoms with Crippen LogP contribution < -0.4 is 0 Å². The second-order valence-electron chi connectivity index (χ2n) is 2.58. The fourth-order valence-corrected chi connectivity index (χ4v) is 0.944. The maximum absolute atomic E-state index is 12.4. The van der Waals surface area contributed by atoms with Crippen molar-refractivity contribution in [3.05, 3.63) is 34.9 Å². The van der Waals surface area contributed by atoms with E-state index >= 15 is 0 Å². The minimum Gasteiger partial charge on any atom is -0.255 e. The molecular weight excluding hydrogens is 226 g/mol. The minimum absolute atomic E-state index is 0.125. The molecule has 7 heteroatoms. The van der Waals surface area contributed by atoms with Crippen molar-refractivity contribution in [3.8, 4) is 0 Å². The van der Waals surface area contributed by atoms with Crippen molar-refractivity contribution in [1.29, 1.82) is 0 Å². The first-order valence-electron chi connectivity index (χ1n) is 3.49. The zero-order valence-corrected chi connectivity index (χ0v) is 6.83. The van der Waals surface area contributed by atoms with Crippen molar-refractivity contribution in [2.45, 2.75) is 6.18 Å². The summed E-state index contributed by atoms with van der Waals surface area (Å²) in [6.07, 6.45) is -5.12. The second kappa shape index (κ2) is 3.56. The molecule has 0 heterocycles. The molecule has 0 aliphatic rings. The lowest BCUT2D eigenvalue weighted by Crippen LogP contribution is -2.12. The lowest BCUT2D eigenvalue weighted by Gasteiger charge is -2.09. The fraction of sp³-hybridized carbons (Fsp3) is 0.125. The van der Waals surface area contributed by atoms with Gasteiger partial charge < -0.3 is 0 Å². The quantitative estimate of drug-likeness (QED) is 0.533. The van der Waals surface area contributed by atoms with Gasteiger partial charge in [-0.15, -0.1) is 0 Å². The molecule has 0 saturated carbocycles. The number of carbonyl (C=O) groups excluding carboxylic acids is 1. The van der Waals surface area contributed by atoms with Crippen LogP contribution >= 0.6 is 0 Å². The molecule has 0 aliphatic heterocycles. The van der Waals surface area contributed by atoms with Gasteiger partial charge >= 0.3 is 12.2 Å². The number of hydrogen-bond acceptors (Lipinski definition) is 1. The summed E-state index contributed by atoms with van der Waals surface area (Å²) in [6, 6.07) is -2.86. The molecule has 0 atom stereocenters. The summed E-state index contributed by atoms with van der Waals surface area (Å²) in [5.74, 6) is -3.52. The fourth-order valence-electron chi connectivity index (χ4n) is 0.944. The Morgan fingerprint density at radius 1 is 1.07 bits per heavy atom. The average molecular weight is 228 g/mol. The normalized spacial score (nSPS) is 11.6. The number of carbonyl (C=O) groups is 1. The van der Waals surface area contributed by atoms with Crippen molar-refractivity contribution in [2.75, 3.05) is 0 Å². The SMILES string of the molecule is O=C(F)c1cc(F)c(F)cc1C(F)(F)F. The van der Waals surface area contributed by atoms with Crippen molar-refractivity contribution < 1.29 is 31.1 Å². The van der Waals surface area contributed by atoms with Crippen LogP contribution in [-0.4, -0.2) is 6.04 Å². The molecule has 15 heavy (non-hydrogen) atoms. The predicted molar refractivity (Wildman–Crippen MR) is 36.8 cm³/mol. The van der Waals surface area contributed by atoms with Crippen LogP contribution in [0.3, 0.4) is 0 Å². The Balaban J connectivity index is 3.49. The molecule has 0 unspecified atom stereocenters. The highest BCUT2D eigenvalue weighted by Gasteiger charge is 2.36. The van der Waals surface area contributed by atoms with Gasteiger partial charge in [-0.05, 0) is 12.1 Å². The number of halogens is 6. The molecule has 0 bridgehead atoms. The van der Waals surface area contributed by atoms with Gasteiger partial charge in [-0.25, -0.2) is 8.78 Å². The van der Waals surface area contributed by atoms with E-state index in [9.17, 15) is 31.1 Å². The third-order valence-electron chi connectivity index (χ3n) is 1.58. The second-order valence-corrected chi connectivity index (χ2v) is 2.58. The zero-order valence-electron chi connectivity index (χ0n) is 6.83. The van der Waals surface area contributed by atoms with Gasteiger partial charge in [0.05, 0.1) is 11.1 Å². The van der Waals surface area contributed by atoms with Gasteiger partial charge in [0.2, 0.25) is 0 Å². The van der Waals surface area contributed by atoms with Crippen LogP contribution in [-0.2, 0) is 6.18 Å². The molecule has 0 spiro atoms. The number of rotatable bonds is 1. The Morgan fingerprint density at radius 3 is 1.93 bits per heavy atom. The van der Waals surface area contributed by atoms with Gasteiger partial charge in [-0.2, -0.15) is 17.6 Å². The molecule has 0 amide bonds. The highest BCUT2D eigenvalue weighted by Crippen LogP contribution is 2.33. The summed E-state index contributed by atoms with van der Waals surface area (Å²) in [5.41, 5.74) is -3.38. The number of alkyl halides is 3. The molecule has 0 aromatic heterocycles. The summed E-state index contributed by atoms with van der Waals surface area (Å²) in [4.78, 5) is 10.1. The summed E-state index contributed by atoms with van der Waals surface area (Å²) in [6.45, 7) is 0. The first-order valence-corrected chi connectivity index (χ1v) is 3.49. The summed E-state index contributed by atoms with van der Waals surface area (Å²) in [7, 11) is 0. The van der Waals surface area contributed by atoms with E-state index in [4.69, 9.17) is 0 Å². The lowest BCUT2D eigenvalue weighted by atomic mass is 10.1. The molecule has 0 aliphatic carbocycles. The largest absolute Gasteiger partial charge is 0.417 e. The summed E-state index contributed by atoms with van der Waals surface area (Å²) in [5, 5.41) is 0. The third-order valence-corrected chi connectivity index (χ3v) is 1.58. The van der Waals surface area contributed by atoms with E-state index in [1.807, 2.05) is 0 Å². The Bertz CT molecular complexity index is 408. The number of benzene rings is 1. The third kappa shape index (κ3) is 2.28. The van der Waals surface area contributed by atoms with E-state index in [-0.39, 0.29) is 12.1 Å². The topological polar surface area (TPSA) is 17.1 Å². The Morgan fingerprint density at radius 2 is 1.53 bits per heavy atom. The van der Waals surface area contributed by atoms with Crippen molar-refractivity contribution in [3.63, 3.8) is 0 Å². The van der Waals surface area contributed by atoms with Crippen LogP contribution in [0.15, 0.2) is 12.1 Å². The lowest BCUT2D eigenvalue weighted by molar-refractivity contribution is -0.138. The Hall–Kier alpha value is -1.53. The summed E-state index contributed by atoms with van der Waals surface area (Å²) < 4.78 is 73.3. The molecule has 0 fully saturated rings. The van der Waals surface area contributed by atoms with Crippen LogP contribution in [0.1, 0.15) is 15.9 Å². The maximum atomic E-state index is 12.4. The van der Waals surface area contributed by atoms with Crippen LogP contribution in [0.4, 0.5) is 26.3 Å². The Kier molecular flexibility index (Phi) is 2.74. The Labute approximate surface area is 79.3 Å². The minimum atomic E-state index is -5.12. The van der Waals surface area contributed by atoms with Crippen LogP contribution in [0, 0.1) is 11.6 Å². The van der Waals surface area contributed by atoms with E-state index in [0.717, 1.165) is 0 Å². The standard InChI is InChI=1S/C8H2F6O/c9-5-1-3(7(11)15)4(2-6(5)10)8(12,13)14/h1-2H. The van der Waals surface area contributed by atoms with Crippen molar-refractivity contribution in [2.24, 2.45) is 0 Å². The van der Waals surface area contributed by atoms with Gasteiger partial charge in [-0.3, -0.25) is 4.79 Å². The zero-order chi connectivity index (χ0) is 11.8. The molecule has 0 N–H and O–H groups in total. The molecule has 0 radical (unpaired) electrons. The molecular formula is C8H2F6O. The molecule has 82 valence electrons. The van der Waals surface area contributed by atoms with Gasteiger partial charge in [-0.1, -0.05) is 0 Å².